The summed E-state index contributed by atoms with van der Waals surface area (Å²) in [5, 5.41) is 11.4. The number of nitro groups is 1. The molecule has 3 aromatic rings. The summed E-state index contributed by atoms with van der Waals surface area (Å²) in [6, 6.07) is 21.6. The Morgan fingerprint density at radius 1 is 1.04 bits per heavy atom. The van der Waals surface area contributed by atoms with Gasteiger partial charge in [-0.05, 0) is 35.7 Å². The van der Waals surface area contributed by atoms with Gasteiger partial charge in [0, 0.05) is 17.3 Å². The summed E-state index contributed by atoms with van der Waals surface area (Å²) >= 11 is 0. The number of nitrogens with zero attached hydrogens (tertiary/aromatic N) is 2. The number of fused-ring (bicyclic) bond motifs is 1. The third kappa shape index (κ3) is 2.92. The molecule has 26 heavy (non-hydrogen) atoms. The molecule has 0 unspecified atom stereocenters. The van der Waals surface area contributed by atoms with Crippen molar-refractivity contribution >= 4 is 11.4 Å². The molecule has 130 valence electrons. The van der Waals surface area contributed by atoms with Crippen molar-refractivity contribution in [3.05, 3.63) is 105 Å². The molecule has 0 spiro atoms. The molecule has 4 rings (SSSR count). The van der Waals surface area contributed by atoms with Gasteiger partial charge in [0.15, 0.2) is 0 Å². The van der Waals surface area contributed by atoms with E-state index in [1.54, 1.807) is 24.3 Å². The van der Waals surface area contributed by atoms with Crippen LogP contribution in [0.2, 0.25) is 0 Å². The first-order valence-electron chi connectivity index (χ1n) is 8.46. The highest BCUT2D eigenvalue weighted by Gasteiger charge is 2.32. The lowest BCUT2D eigenvalue weighted by Crippen LogP contribution is -2.25. The number of halogens is 1. The van der Waals surface area contributed by atoms with Crippen LogP contribution in [0.25, 0.3) is 0 Å². The Balaban J connectivity index is 1.77. The van der Waals surface area contributed by atoms with E-state index in [-0.39, 0.29) is 22.5 Å². The predicted octanol–water partition coefficient (Wildman–Crippen LogP) is 5.04. The van der Waals surface area contributed by atoms with Crippen LogP contribution in [0.4, 0.5) is 15.8 Å². The van der Waals surface area contributed by atoms with Crippen LogP contribution >= 0.6 is 0 Å². The minimum atomic E-state index is -0.353. The quantitative estimate of drug-likeness (QED) is 0.490. The second kappa shape index (κ2) is 6.59. The van der Waals surface area contributed by atoms with Gasteiger partial charge < -0.3 is 4.90 Å². The number of anilines is 1. The summed E-state index contributed by atoms with van der Waals surface area (Å²) in [5.41, 5.74) is 3.73. The lowest BCUT2D eigenvalue weighted by molar-refractivity contribution is -0.385. The molecule has 1 heterocycles. The van der Waals surface area contributed by atoms with Crippen LogP contribution < -0.4 is 4.90 Å². The number of hydrogen-bond acceptors (Lipinski definition) is 3. The van der Waals surface area contributed by atoms with Crippen molar-refractivity contribution in [2.45, 2.75) is 19.0 Å². The fourth-order valence-electron chi connectivity index (χ4n) is 3.66. The largest absolute Gasteiger partial charge is 0.359 e. The summed E-state index contributed by atoms with van der Waals surface area (Å²) in [7, 11) is 0. The minimum Gasteiger partial charge on any atom is -0.359 e. The molecule has 0 saturated carbocycles. The molecule has 1 aliphatic heterocycles. The molecule has 4 nitrogen and oxygen atoms in total. The van der Waals surface area contributed by atoms with Crippen molar-refractivity contribution in [1.82, 2.24) is 0 Å². The molecule has 0 bridgehead atoms. The smallest absolute Gasteiger partial charge is 0.274 e. The molecule has 0 amide bonds. The predicted molar refractivity (Wildman–Crippen MR) is 98.6 cm³/mol. The third-order valence-electron chi connectivity index (χ3n) is 4.85. The van der Waals surface area contributed by atoms with Crippen molar-refractivity contribution in [2.75, 3.05) is 4.90 Å². The normalized spacial score (nSPS) is 15.7. The average molecular weight is 348 g/mol. The van der Waals surface area contributed by atoms with Gasteiger partial charge >= 0.3 is 0 Å². The highest BCUT2D eigenvalue weighted by atomic mass is 19.1. The maximum absolute atomic E-state index is 13.7. The average Bonchev–Trinajstić information content (AvgIpc) is 3.00. The monoisotopic (exact) mass is 348 g/mol. The van der Waals surface area contributed by atoms with Crippen LogP contribution in [0.3, 0.4) is 0 Å². The van der Waals surface area contributed by atoms with E-state index in [0.717, 1.165) is 16.8 Å². The fraction of sp³-hybridized carbons (Fsp3) is 0.143. The first-order valence-corrected chi connectivity index (χ1v) is 8.46. The minimum absolute atomic E-state index is 0.0211. The number of benzene rings is 3. The third-order valence-corrected chi connectivity index (χ3v) is 4.85. The van der Waals surface area contributed by atoms with E-state index in [4.69, 9.17) is 0 Å². The van der Waals surface area contributed by atoms with Gasteiger partial charge in [-0.3, -0.25) is 10.1 Å². The maximum atomic E-state index is 13.7. The Morgan fingerprint density at radius 2 is 1.77 bits per heavy atom. The SMILES string of the molecule is O=[N+]([O-])c1ccccc1CN1c2ccc(F)cc2C[C@H]1c1ccccc1. The molecule has 1 atom stereocenters. The van der Waals surface area contributed by atoms with Crippen LogP contribution in [0.5, 0.6) is 0 Å². The second-order valence-corrected chi connectivity index (χ2v) is 6.42. The highest BCUT2D eigenvalue weighted by molar-refractivity contribution is 5.62. The van der Waals surface area contributed by atoms with Crippen LogP contribution in [-0.4, -0.2) is 4.92 Å². The van der Waals surface area contributed by atoms with Crippen molar-refractivity contribution in [3.63, 3.8) is 0 Å². The Bertz CT molecular complexity index is 959. The molecule has 5 heteroatoms. The topological polar surface area (TPSA) is 46.4 Å². The maximum Gasteiger partial charge on any atom is 0.274 e. The van der Waals surface area contributed by atoms with E-state index in [1.807, 2.05) is 36.4 Å². The molecule has 3 aromatic carbocycles. The Morgan fingerprint density at radius 3 is 2.54 bits per heavy atom. The second-order valence-electron chi connectivity index (χ2n) is 6.42. The number of rotatable bonds is 4. The standard InChI is InChI=1S/C21H17FN2O2/c22-18-10-11-19-17(12-18)13-21(15-6-2-1-3-7-15)23(19)14-16-8-4-5-9-20(16)24(25)26/h1-12,21H,13-14H2/t21-/m0/s1. The summed E-state index contributed by atoms with van der Waals surface area (Å²) in [4.78, 5) is 13.2. The van der Waals surface area contributed by atoms with Crippen molar-refractivity contribution in [3.8, 4) is 0 Å². The van der Waals surface area contributed by atoms with Gasteiger partial charge in [-0.1, -0.05) is 48.5 Å². The highest BCUT2D eigenvalue weighted by Crippen LogP contribution is 2.42. The summed E-state index contributed by atoms with van der Waals surface area (Å²) < 4.78 is 13.7. The number of hydrogen-bond donors (Lipinski definition) is 0. The number of para-hydroxylation sites is 1. The van der Waals surface area contributed by atoms with E-state index in [2.05, 4.69) is 4.90 Å². The first kappa shape index (κ1) is 16.3. The van der Waals surface area contributed by atoms with Gasteiger partial charge in [0.25, 0.3) is 5.69 Å². The summed E-state index contributed by atoms with van der Waals surface area (Å²) in [5.74, 6) is -0.261. The molecule has 0 radical (unpaired) electrons. The van der Waals surface area contributed by atoms with Crippen LogP contribution in [0.1, 0.15) is 22.7 Å². The van der Waals surface area contributed by atoms with E-state index >= 15 is 0 Å². The zero-order valence-electron chi connectivity index (χ0n) is 14.0. The van der Waals surface area contributed by atoms with Crippen LogP contribution in [0.15, 0.2) is 72.8 Å². The molecule has 0 N–H and O–H groups in total. The van der Waals surface area contributed by atoms with Crippen molar-refractivity contribution in [2.24, 2.45) is 0 Å². The van der Waals surface area contributed by atoms with E-state index in [1.165, 1.54) is 12.1 Å². The molecule has 0 aliphatic carbocycles. The molecule has 1 aliphatic rings. The number of nitro benzene ring substituents is 1. The molecular formula is C21H17FN2O2. The van der Waals surface area contributed by atoms with Crippen molar-refractivity contribution in [1.29, 1.82) is 0 Å². The molecule has 0 saturated heterocycles. The lowest BCUT2D eigenvalue weighted by Gasteiger charge is -2.28. The fourth-order valence-corrected chi connectivity index (χ4v) is 3.66. The van der Waals surface area contributed by atoms with Gasteiger partial charge in [0.2, 0.25) is 0 Å². The first-order chi connectivity index (χ1) is 12.6. The van der Waals surface area contributed by atoms with Gasteiger partial charge in [-0.15, -0.1) is 0 Å². The molecule has 0 aromatic heterocycles. The van der Waals surface area contributed by atoms with Gasteiger partial charge in [-0.2, -0.15) is 0 Å². The van der Waals surface area contributed by atoms with Gasteiger partial charge in [-0.25, -0.2) is 4.39 Å². The van der Waals surface area contributed by atoms with E-state index < -0.39 is 0 Å². The van der Waals surface area contributed by atoms with Crippen LogP contribution in [-0.2, 0) is 13.0 Å². The van der Waals surface area contributed by atoms with Gasteiger partial charge in [0.05, 0.1) is 17.5 Å². The summed E-state index contributed by atoms with van der Waals surface area (Å²) in [6.45, 7) is 0.398. The zero-order chi connectivity index (χ0) is 18.1. The molecular weight excluding hydrogens is 331 g/mol. The Hall–Kier alpha value is -3.21. The van der Waals surface area contributed by atoms with Gasteiger partial charge in [0.1, 0.15) is 5.82 Å². The Labute approximate surface area is 150 Å². The summed E-state index contributed by atoms with van der Waals surface area (Å²) in [6.07, 6.45) is 0.678. The van der Waals surface area contributed by atoms with Crippen molar-refractivity contribution < 1.29 is 9.31 Å². The molecule has 0 fully saturated rings. The van der Waals surface area contributed by atoms with E-state index in [9.17, 15) is 14.5 Å². The zero-order valence-corrected chi connectivity index (χ0v) is 14.0. The Kier molecular flexibility index (Phi) is 4.13. The lowest BCUT2D eigenvalue weighted by atomic mass is 10.0. The van der Waals surface area contributed by atoms with Crippen LogP contribution in [0, 0.1) is 15.9 Å². The van der Waals surface area contributed by atoms with E-state index in [0.29, 0.717) is 18.5 Å².